The normalized spacial score (nSPS) is 19.8. The van der Waals surface area contributed by atoms with Crippen molar-refractivity contribution in [3.05, 3.63) is 108 Å². The smallest absolute Gasteiger partial charge is 0.320 e. The van der Waals surface area contributed by atoms with Crippen molar-refractivity contribution in [3.63, 3.8) is 0 Å². The van der Waals surface area contributed by atoms with E-state index < -0.39 is 12.0 Å². The van der Waals surface area contributed by atoms with Crippen molar-refractivity contribution in [2.45, 2.75) is 55.6 Å². The molecule has 1 saturated carbocycles. The molecular weight excluding hydrogens is 450 g/mol. The van der Waals surface area contributed by atoms with E-state index in [0.717, 1.165) is 32.2 Å². The van der Waals surface area contributed by atoms with Crippen LogP contribution in [0.3, 0.4) is 0 Å². The molecule has 2 N–H and O–H groups in total. The summed E-state index contributed by atoms with van der Waals surface area (Å²) in [5.41, 5.74) is 3.89. The first-order chi connectivity index (χ1) is 17.0. The van der Waals surface area contributed by atoms with Gasteiger partial charge in [0.05, 0.1) is 4.75 Å². The van der Waals surface area contributed by atoms with Gasteiger partial charge in [-0.2, -0.15) is 0 Å². The fraction of sp³-hybridized carbons (Fsp3) is 0.387. The average Bonchev–Trinajstić information content (AvgIpc) is 3.35. The third-order valence-corrected chi connectivity index (χ3v) is 9.31. The Bertz CT molecular complexity index is 960. The molecule has 1 aliphatic rings. The molecule has 0 unspecified atom stereocenters. The van der Waals surface area contributed by atoms with E-state index in [-0.39, 0.29) is 10.7 Å². The third kappa shape index (κ3) is 5.82. The number of nitrogens with one attached hydrogen (secondary N) is 1. The Morgan fingerprint density at radius 3 is 1.83 bits per heavy atom. The van der Waals surface area contributed by atoms with Crippen molar-refractivity contribution < 1.29 is 9.90 Å². The molecule has 1 fully saturated rings. The van der Waals surface area contributed by atoms with Crippen LogP contribution >= 0.6 is 11.8 Å². The van der Waals surface area contributed by atoms with Crippen LogP contribution in [0.4, 0.5) is 0 Å². The zero-order valence-corrected chi connectivity index (χ0v) is 21.6. The van der Waals surface area contributed by atoms with E-state index in [1.54, 1.807) is 0 Å². The van der Waals surface area contributed by atoms with Crippen LogP contribution in [0, 0.1) is 11.8 Å². The molecule has 3 nitrogen and oxygen atoms in total. The van der Waals surface area contributed by atoms with Gasteiger partial charge in [-0.15, -0.1) is 11.8 Å². The van der Waals surface area contributed by atoms with Gasteiger partial charge in [-0.3, -0.25) is 4.79 Å². The number of carboxylic acid groups (broad SMARTS) is 1. The van der Waals surface area contributed by atoms with Gasteiger partial charge in [0.2, 0.25) is 0 Å². The molecule has 1 aliphatic carbocycles. The summed E-state index contributed by atoms with van der Waals surface area (Å²) in [5, 5.41) is 13.5. The van der Waals surface area contributed by atoms with Crippen LogP contribution in [0.5, 0.6) is 0 Å². The largest absolute Gasteiger partial charge is 0.480 e. The van der Waals surface area contributed by atoms with E-state index in [2.05, 4.69) is 115 Å². The van der Waals surface area contributed by atoms with E-state index in [4.69, 9.17) is 0 Å². The Hall–Kier alpha value is -2.56. The molecule has 0 saturated heterocycles. The Labute approximate surface area is 214 Å². The quantitative estimate of drug-likeness (QED) is 0.287. The van der Waals surface area contributed by atoms with Crippen LogP contribution in [0.25, 0.3) is 0 Å². The van der Waals surface area contributed by atoms with E-state index in [1.165, 1.54) is 16.7 Å². The molecule has 0 spiro atoms. The summed E-state index contributed by atoms with van der Waals surface area (Å²) in [6.07, 6.45) is 4.23. The van der Waals surface area contributed by atoms with E-state index in [9.17, 15) is 9.90 Å². The Balaban J connectivity index is 1.60. The number of carbonyl (C=O) groups is 1. The number of thioether (sulfide) groups is 1. The number of carboxylic acids is 1. The Morgan fingerprint density at radius 2 is 1.40 bits per heavy atom. The summed E-state index contributed by atoms with van der Waals surface area (Å²) in [6.45, 7) is 4.85. The molecule has 4 heteroatoms. The highest BCUT2D eigenvalue weighted by atomic mass is 32.2. The van der Waals surface area contributed by atoms with Crippen molar-refractivity contribution in [2.24, 2.45) is 11.8 Å². The summed E-state index contributed by atoms with van der Waals surface area (Å²) in [7, 11) is 0. The lowest BCUT2D eigenvalue weighted by molar-refractivity contribution is -0.140. The number of aliphatic carboxylic acids is 1. The summed E-state index contributed by atoms with van der Waals surface area (Å²) >= 11 is 2.07. The maximum Gasteiger partial charge on any atom is 0.320 e. The summed E-state index contributed by atoms with van der Waals surface area (Å²) < 4.78 is -0.295. The second kappa shape index (κ2) is 11.9. The van der Waals surface area contributed by atoms with Crippen molar-refractivity contribution in [1.82, 2.24) is 5.32 Å². The Morgan fingerprint density at radius 1 is 0.914 bits per heavy atom. The van der Waals surface area contributed by atoms with Crippen LogP contribution < -0.4 is 5.32 Å². The number of hydrogen-bond donors (Lipinski definition) is 2. The SMILES string of the molecule is CC[C@H](C)[C@H](NC[C@H]1CC[C@@H](SC(c2ccccc2)(c2ccccc2)c2ccccc2)C1)C(=O)O. The van der Waals surface area contributed by atoms with Gasteiger partial charge >= 0.3 is 5.97 Å². The molecule has 0 aromatic heterocycles. The Kier molecular flexibility index (Phi) is 8.69. The predicted molar refractivity (Wildman–Crippen MR) is 147 cm³/mol. The van der Waals surface area contributed by atoms with Crippen molar-refractivity contribution >= 4 is 17.7 Å². The minimum absolute atomic E-state index is 0.126. The molecule has 35 heavy (non-hydrogen) atoms. The standard InChI is InChI=1S/C31H37NO2S/c1-3-23(2)29(30(33)34)32-22-24-19-20-28(21-24)35-31(25-13-7-4-8-14-25,26-15-9-5-10-16-26)27-17-11-6-12-18-27/h4-18,23-24,28-29,32H,3,19-22H2,1-2H3,(H,33,34)/t23-,24-,28+,29-/m0/s1. The molecule has 0 heterocycles. The van der Waals surface area contributed by atoms with E-state index in [1.807, 2.05) is 6.92 Å². The summed E-state index contributed by atoms with van der Waals surface area (Å²) in [4.78, 5) is 11.8. The lowest BCUT2D eigenvalue weighted by atomic mass is 9.84. The van der Waals surface area contributed by atoms with Crippen LogP contribution in [0.2, 0.25) is 0 Å². The fourth-order valence-electron chi connectivity index (χ4n) is 5.36. The zero-order valence-electron chi connectivity index (χ0n) is 20.8. The van der Waals surface area contributed by atoms with Gasteiger partial charge in [0.1, 0.15) is 6.04 Å². The van der Waals surface area contributed by atoms with Crippen molar-refractivity contribution in [2.75, 3.05) is 6.54 Å². The monoisotopic (exact) mass is 487 g/mol. The highest BCUT2D eigenvalue weighted by Gasteiger charge is 2.41. The third-order valence-electron chi connectivity index (χ3n) is 7.48. The molecule has 4 rings (SSSR count). The van der Waals surface area contributed by atoms with Crippen LogP contribution in [0.15, 0.2) is 91.0 Å². The molecule has 4 atom stereocenters. The highest BCUT2D eigenvalue weighted by Crippen LogP contribution is 2.53. The van der Waals surface area contributed by atoms with Gasteiger partial charge in [0.25, 0.3) is 0 Å². The second-order valence-corrected chi connectivity index (χ2v) is 11.3. The van der Waals surface area contributed by atoms with Gasteiger partial charge in [0.15, 0.2) is 0 Å². The fourth-order valence-corrected chi connectivity index (χ4v) is 7.29. The topological polar surface area (TPSA) is 49.3 Å². The molecular formula is C31H37NO2S. The van der Waals surface area contributed by atoms with Gasteiger partial charge in [0, 0.05) is 5.25 Å². The number of rotatable bonds is 11. The molecule has 0 radical (unpaired) electrons. The first kappa shape index (κ1) is 25.5. The lowest BCUT2D eigenvalue weighted by Gasteiger charge is -2.37. The van der Waals surface area contributed by atoms with Gasteiger partial charge < -0.3 is 10.4 Å². The minimum atomic E-state index is -0.737. The molecule has 3 aromatic carbocycles. The van der Waals surface area contributed by atoms with E-state index >= 15 is 0 Å². The van der Waals surface area contributed by atoms with Crippen LogP contribution in [-0.4, -0.2) is 28.9 Å². The highest BCUT2D eigenvalue weighted by molar-refractivity contribution is 8.01. The van der Waals surface area contributed by atoms with Gasteiger partial charge in [-0.05, 0) is 54.3 Å². The maximum absolute atomic E-state index is 11.8. The van der Waals surface area contributed by atoms with Crippen molar-refractivity contribution in [1.29, 1.82) is 0 Å². The van der Waals surface area contributed by atoms with Crippen LogP contribution in [-0.2, 0) is 9.54 Å². The zero-order chi connectivity index (χ0) is 24.7. The first-order valence-corrected chi connectivity index (χ1v) is 13.7. The first-order valence-electron chi connectivity index (χ1n) is 12.8. The summed E-state index contributed by atoms with van der Waals surface area (Å²) in [5.74, 6) is -0.112. The van der Waals surface area contributed by atoms with Crippen molar-refractivity contribution in [3.8, 4) is 0 Å². The second-order valence-electron chi connectivity index (χ2n) is 9.81. The van der Waals surface area contributed by atoms with E-state index in [0.29, 0.717) is 11.2 Å². The maximum atomic E-state index is 11.8. The molecule has 0 aliphatic heterocycles. The average molecular weight is 488 g/mol. The predicted octanol–water partition coefficient (Wildman–Crippen LogP) is 6.97. The number of hydrogen-bond acceptors (Lipinski definition) is 3. The van der Waals surface area contributed by atoms with Crippen LogP contribution in [0.1, 0.15) is 56.2 Å². The minimum Gasteiger partial charge on any atom is -0.480 e. The molecule has 0 amide bonds. The van der Waals surface area contributed by atoms with Gasteiger partial charge in [-0.25, -0.2) is 0 Å². The summed E-state index contributed by atoms with van der Waals surface area (Å²) in [6, 6.07) is 32.1. The lowest BCUT2D eigenvalue weighted by Crippen LogP contribution is -2.43. The molecule has 184 valence electrons. The number of benzene rings is 3. The molecule has 0 bridgehead atoms. The molecule has 3 aromatic rings. The van der Waals surface area contributed by atoms with Gasteiger partial charge in [-0.1, -0.05) is 111 Å².